The molecule has 30 heavy (non-hydrogen) atoms. The summed E-state index contributed by atoms with van der Waals surface area (Å²) < 4.78 is 14.6. The van der Waals surface area contributed by atoms with Gasteiger partial charge in [-0.25, -0.2) is 9.18 Å². The molecule has 0 spiro atoms. The maximum atomic E-state index is 14.6. The topological polar surface area (TPSA) is 73.5 Å². The predicted octanol–water partition coefficient (Wildman–Crippen LogP) is 2.99. The van der Waals surface area contributed by atoms with E-state index in [1.165, 1.54) is 5.56 Å². The minimum absolute atomic E-state index is 0. The van der Waals surface area contributed by atoms with Crippen molar-refractivity contribution in [1.82, 2.24) is 15.5 Å². The van der Waals surface area contributed by atoms with Gasteiger partial charge in [0.25, 0.3) is 0 Å². The van der Waals surface area contributed by atoms with Crippen molar-refractivity contribution in [3.63, 3.8) is 0 Å². The van der Waals surface area contributed by atoms with Gasteiger partial charge in [-0.1, -0.05) is 30.3 Å². The number of nitrogens with zero attached hydrogens (tertiary/aromatic N) is 1. The number of fused-ring (bicyclic) bond motifs is 2. The zero-order valence-corrected chi connectivity index (χ0v) is 17.5. The number of rotatable bonds is 4. The highest BCUT2D eigenvalue weighted by Crippen LogP contribution is 2.24. The van der Waals surface area contributed by atoms with Gasteiger partial charge in [0.1, 0.15) is 5.82 Å². The molecule has 0 saturated carbocycles. The predicted molar refractivity (Wildman–Crippen MR) is 116 cm³/mol. The molecule has 4 rings (SSSR count). The number of hydrogen-bond acceptors (Lipinski definition) is 3. The largest absolute Gasteiger partial charge is 0.337 e. The van der Waals surface area contributed by atoms with Crippen LogP contribution in [0.4, 0.5) is 14.9 Å². The highest BCUT2D eigenvalue weighted by molar-refractivity contribution is 5.91. The fraction of sp³-hybridized carbons (Fsp3) is 0.364. The van der Waals surface area contributed by atoms with E-state index in [2.05, 4.69) is 22.0 Å². The van der Waals surface area contributed by atoms with Gasteiger partial charge in [0, 0.05) is 32.6 Å². The summed E-state index contributed by atoms with van der Waals surface area (Å²) in [6.45, 7) is 2.81. The molecule has 0 aliphatic carbocycles. The number of hydrogen-bond donors (Lipinski definition) is 3. The monoisotopic (exact) mass is 432 g/mol. The molecule has 3 amide bonds. The van der Waals surface area contributed by atoms with E-state index in [4.69, 9.17) is 0 Å². The third-order valence-corrected chi connectivity index (χ3v) is 5.53. The molecule has 0 atom stereocenters. The van der Waals surface area contributed by atoms with Crippen LogP contribution in [0.15, 0.2) is 36.4 Å². The van der Waals surface area contributed by atoms with Crippen molar-refractivity contribution in [2.24, 2.45) is 0 Å². The molecule has 8 heteroatoms. The number of halogens is 2. The molecule has 0 saturated heterocycles. The summed E-state index contributed by atoms with van der Waals surface area (Å²) in [6.07, 6.45) is 1.53. The molecule has 0 bridgehead atoms. The second-order valence-corrected chi connectivity index (χ2v) is 7.46. The number of anilines is 1. The van der Waals surface area contributed by atoms with Crippen LogP contribution in [0.5, 0.6) is 0 Å². The lowest BCUT2D eigenvalue weighted by Crippen LogP contribution is -2.43. The Hall–Kier alpha value is -2.64. The molecule has 3 N–H and O–H groups in total. The summed E-state index contributed by atoms with van der Waals surface area (Å²) in [7, 11) is 0. The maximum absolute atomic E-state index is 14.6. The summed E-state index contributed by atoms with van der Waals surface area (Å²) in [6, 6.07) is 11.4. The van der Waals surface area contributed by atoms with Crippen LogP contribution in [0.2, 0.25) is 0 Å². The molecule has 6 nitrogen and oxygen atoms in total. The van der Waals surface area contributed by atoms with Crippen molar-refractivity contribution < 1.29 is 14.0 Å². The molecule has 2 heterocycles. The Morgan fingerprint density at radius 3 is 2.70 bits per heavy atom. The molecule has 0 radical (unpaired) electrons. The zero-order valence-electron chi connectivity index (χ0n) is 16.7. The Balaban J connectivity index is 0.00000256. The number of urea groups is 1. The summed E-state index contributed by atoms with van der Waals surface area (Å²) >= 11 is 0. The smallest absolute Gasteiger partial charge is 0.317 e. The summed E-state index contributed by atoms with van der Waals surface area (Å²) in [5, 5.41) is 8.62. The Kier molecular flexibility index (Phi) is 7.29. The number of benzene rings is 2. The standard InChI is InChI=1S/C22H25FN4O2.ClH/c23-21-18-7-10-24-13-16(18)5-6-19(21)26-20(28)8-11-25-22(29)27-12-9-15-3-1-2-4-17(15)14-27;/h1-6,24H,7-14H2,(H,25,29)(H,26,28);1H. The van der Waals surface area contributed by atoms with Crippen LogP contribution < -0.4 is 16.0 Å². The van der Waals surface area contributed by atoms with Gasteiger partial charge >= 0.3 is 6.03 Å². The van der Waals surface area contributed by atoms with Gasteiger partial charge in [0.05, 0.1) is 5.69 Å². The molecule has 0 aromatic heterocycles. The van der Waals surface area contributed by atoms with E-state index in [1.807, 2.05) is 24.3 Å². The highest BCUT2D eigenvalue weighted by Gasteiger charge is 2.21. The van der Waals surface area contributed by atoms with Gasteiger partial charge in [-0.3, -0.25) is 4.79 Å². The molecular weight excluding hydrogens is 407 g/mol. The van der Waals surface area contributed by atoms with Gasteiger partial charge in [-0.15, -0.1) is 12.4 Å². The number of carbonyl (C=O) groups is 2. The number of carbonyl (C=O) groups excluding carboxylic acids is 2. The third-order valence-electron chi connectivity index (χ3n) is 5.53. The Morgan fingerprint density at radius 2 is 1.87 bits per heavy atom. The second-order valence-electron chi connectivity index (χ2n) is 7.46. The first kappa shape index (κ1) is 22.1. The SMILES string of the molecule is Cl.O=C(CCNC(=O)N1CCc2ccccc2C1)Nc1ccc2c(c1F)CCNC2. The van der Waals surface area contributed by atoms with E-state index >= 15 is 0 Å². The average molecular weight is 433 g/mol. The van der Waals surface area contributed by atoms with Gasteiger partial charge in [0.2, 0.25) is 5.91 Å². The average Bonchev–Trinajstić information content (AvgIpc) is 2.75. The first-order valence-electron chi connectivity index (χ1n) is 10.0. The minimum atomic E-state index is -0.353. The molecule has 2 aromatic carbocycles. The van der Waals surface area contributed by atoms with Crippen LogP contribution in [-0.4, -0.2) is 36.5 Å². The van der Waals surface area contributed by atoms with E-state index in [9.17, 15) is 14.0 Å². The first-order valence-corrected chi connectivity index (χ1v) is 10.0. The summed E-state index contributed by atoms with van der Waals surface area (Å²) in [5.74, 6) is -0.671. The fourth-order valence-electron chi connectivity index (χ4n) is 3.91. The highest BCUT2D eigenvalue weighted by atomic mass is 35.5. The van der Waals surface area contributed by atoms with Crippen molar-refractivity contribution in [3.8, 4) is 0 Å². The fourth-order valence-corrected chi connectivity index (χ4v) is 3.91. The molecule has 2 aromatic rings. The van der Waals surface area contributed by atoms with Crippen molar-refractivity contribution in [1.29, 1.82) is 0 Å². The van der Waals surface area contributed by atoms with Crippen LogP contribution in [0.1, 0.15) is 28.7 Å². The lowest BCUT2D eigenvalue weighted by molar-refractivity contribution is -0.116. The van der Waals surface area contributed by atoms with Crippen LogP contribution in [0.3, 0.4) is 0 Å². The molecule has 2 aliphatic rings. The van der Waals surface area contributed by atoms with Gasteiger partial charge < -0.3 is 20.9 Å². The van der Waals surface area contributed by atoms with Crippen LogP contribution in [-0.2, 0) is 30.7 Å². The zero-order chi connectivity index (χ0) is 20.2. The van der Waals surface area contributed by atoms with Crippen molar-refractivity contribution >= 4 is 30.0 Å². The van der Waals surface area contributed by atoms with Gasteiger partial charge in [-0.05, 0) is 47.7 Å². The number of amides is 3. The van der Waals surface area contributed by atoms with E-state index in [0.717, 1.165) is 24.1 Å². The Bertz CT molecular complexity index is 937. The second kappa shape index (κ2) is 9.91. The van der Waals surface area contributed by atoms with E-state index in [-0.39, 0.29) is 48.8 Å². The van der Waals surface area contributed by atoms with Crippen LogP contribution >= 0.6 is 12.4 Å². The van der Waals surface area contributed by atoms with Crippen molar-refractivity contribution in [2.45, 2.75) is 32.4 Å². The van der Waals surface area contributed by atoms with Crippen molar-refractivity contribution in [2.75, 3.05) is 25.0 Å². The van der Waals surface area contributed by atoms with Crippen LogP contribution in [0.25, 0.3) is 0 Å². The molecule has 0 fully saturated rings. The number of nitrogens with one attached hydrogen (secondary N) is 3. The summed E-state index contributed by atoms with van der Waals surface area (Å²) in [4.78, 5) is 26.3. The first-order chi connectivity index (χ1) is 14.1. The van der Waals surface area contributed by atoms with Crippen molar-refractivity contribution in [3.05, 3.63) is 64.5 Å². The lowest BCUT2D eigenvalue weighted by atomic mass is 9.99. The lowest BCUT2D eigenvalue weighted by Gasteiger charge is -2.28. The van der Waals surface area contributed by atoms with Gasteiger partial charge in [0.15, 0.2) is 0 Å². The van der Waals surface area contributed by atoms with E-state index in [0.29, 0.717) is 31.6 Å². The van der Waals surface area contributed by atoms with E-state index in [1.54, 1.807) is 11.0 Å². The molecule has 160 valence electrons. The van der Waals surface area contributed by atoms with Gasteiger partial charge in [-0.2, -0.15) is 0 Å². The quantitative estimate of drug-likeness (QED) is 0.695. The Morgan fingerprint density at radius 1 is 1.07 bits per heavy atom. The van der Waals surface area contributed by atoms with E-state index < -0.39 is 0 Å². The normalized spacial score (nSPS) is 14.8. The molecule has 2 aliphatic heterocycles. The minimum Gasteiger partial charge on any atom is -0.337 e. The molecular formula is C22H26ClFN4O2. The Labute approximate surface area is 181 Å². The molecule has 0 unspecified atom stereocenters. The third kappa shape index (κ3) is 4.91. The summed E-state index contributed by atoms with van der Waals surface area (Å²) in [5.41, 5.74) is 4.24. The maximum Gasteiger partial charge on any atom is 0.317 e. The van der Waals surface area contributed by atoms with Crippen LogP contribution in [0, 0.1) is 5.82 Å².